The van der Waals surface area contributed by atoms with Crippen LogP contribution in [-0.4, -0.2) is 24.4 Å². The minimum Gasteiger partial charge on any atom is -0.345 e. The summed E-state index contributed by atoms with van der Waals surface area (Å²) in [5.41, 5.74) is 0. The fourth-order valence-electron chi connectivity index (χ4n) is 1.10. The largest absolute Gasteiger partial charge is 0.345 e. The summed E-state index contributed by atoms with van der Waals surface area (Å²) in [6, 6.07) is 0. The summed E-state index contributed by atoms with van der Waals surface area (Å²) in [7, 11) is 0. The van der Waals surface area contributed by atoms with Crippen LogP contribution in [0.25, 0.3) is 0 Å². The van der Waals surface area contributed by atoms with E-state index in [-0.39, 0.29) is 0 Å². The third kappa shape index (κ3) is 5.89. The van der Waals surface area contributed by atoms with E-state index < -0.39 is 0 Å². The quantitative estimate of drug-likeness (QED) is 0.557. The van der Waals surface area contributed by atoms with Gasteiger partial charge in [0.2, 0.25) is 6.41 Å². The second kappa shape index (κ2) is 5.16. The average molecular weight is 157 g/mol. The third-order valence-corrected chi connectivity index (χ3v) is 1.35. The molecule has 0 saturated heterocycles. The Bertz CT molecular complexity index is 100. The molecule has 0 saturated carbocycles. The molecule has 66 valence electrons. The van der Waals surface area contributed by atoms with Gasteiger partial charge in [-0.1, -0.05) is 27.7 Å². The van der Waals surface area contributed by atoms with Crippen molar-refractivity contribution >= 4 is 6.41 Å². The Kier molecular flexibility index (Phi) is 4.92. The summed E-state index contributed by atoms with van der Waals surface area (Å²) in [5.74, 6) is 1.14. The Balaban J connectivity index is 3.67. The van der Waals surface area contributed by atoms with Crippen molar-refractivity contribution in [3.05, 3.63) is 0 Å². The Labute approximate surface area is 69.6 Å². The van der Waals surface area contributed by atoms with Crippen molar-refractivity contribution in [3.8, 4) is 0 Å². The first-order valence-corrected chi connectivity index (χ1v) is 4.25. The van der Waals surface area contributed by atoms with Crippen molar-refractivity contribution in [1.29, 1.82) is 0 Å². The van der Waals surface area contributed by atoms with Gasteiger partial charge in [-0.25, -0.2) is 0 Å². The number of rotatable bonds is 5. The fourth-order valence-corrected chi connectivity index (χ4v) is 1.10. The Hall–Kier alpha value is -0.530. The maximum atomic E-state index is 10.5. The topological polar surface area (TPSA) is 20.3 Å². The van der Waals surface area contributed by atoms with Crippen LogP contribution in [0.3, 0.4) is 0 Å². The molecule has 0 aromatic heterocycles. The molecule has 0 fully saturated rings. The minimum atomic E-state index is 0.568. The lowest BCUT2D eigenvalue weighted by molar-refractivity contribution is -0.119. The molecule has 11 heavy (non-hydrogen) atoms. The van der Waals surface area contributed by atoms with Crippen LogP contribution in [0.15, 0.2) is 0 Å². The minimum absolute atomic E-state index is 0.568. The summed E-state index contributed by atoms with van der Waals surface area (Å²) in [6.45, 7) is 10.2. The van der Waals surface area contributed by atoms with E-state index in [1.807, 2.05) is 4.90 Å². The second-order valence-corrected chi connectivity index (χ2v) is 3.85. The van der Waals surface area contributed by atoms with Crippen molar-refractivity contribution in [2.75, 3.05) is 13.1 Å². The van der Waals surface area contributed by atoms with Gasteiger partial charge in [-0.05, 0) is 11.8 Å². The zero-order valence-corrected chi connectivity index (χ0v) is 8.00. The van der Waals surface area contributed by atoms with Crippen LogP contribution in [-0.2, 0) is 4.79 Å². The zero-order chi connectivity index (χ0) is 8.85. The van der Waals surface area contributed by atoms with Gasteiger partial charge in [0.15, 0.2) is 0 Å². The highest BCUT2D eigenvalue weighted by Gasteiger charge is 2.05. The first-order valence-electron chi connectivity index (χ1n) is 4.25. The summed E-state index contributed by atoms with van der Waals surface area (Å²) >= 11 is 0. The van der Waals surface area contributed by atoms with Gasteiger partial charge < -0.3 is 4.90 Å². The highest BCUT2D eigenvalue weighted by molar-refractivity contribution is 5.46. The van der Waals surface area contributed by atoms with Gasteiger partial charge in [0.05, 0.1) is 0 Å². The molecule has 0 aromatic rings. The third-order valence-electron chi connectivity index (χ3n) is 1.35. The number of hydrogen-bond donors (Lipinski definition) is 0. The van der Waals surface area contributed by atoms with E-state index in [0.717, 1.165) is 19.5 Å². The molecule has 0 aliphatic rings. The fraction of sp³-hybridized carbons (Fsp3) is 0.889. The van der Waals surface area contributed by atoms with Gasteiger partial charge in [-0.3, -0.25) is 4.79 Å². The highest BCUT2D eigenvalue weighted by atomic mass is 16.1. The van der Waals surface area contributed by atoms with Gasteiger partial charge in [0.25, 0.3) is 0 Å². The van der Waals surface area contributed by atoms with Crippen molar-refractivity contribution in [2.24, 2.45) is 11.8 Å². The summed E-state index contributed by atoms with van der Waals surface area (Å²) < 4.78 is 0. The molecular weight excluding hydrogens is 138 g/mol. The highest BCUT2D eigenvalue weighted by Crippen LogP contribution is 2.00. The Morgan fingerprint density at radius 2 is 1.45 bits per heavy atom. The molecule has 0 aliphatic heterocycles. The molecule has 0 N–H and O–H groups in total. The van der Waals surface area contributed by atoms with Crippen molar-refractivity contribution in [1.82, 2.24) is 4.90 Å². The Morgan fingerprint density at radius 1 is 1.09 bits per heavy atom. The van der Waals surface area contributed by atoms with Crippen LogP contribution in [0.5, 0.6) is 0 Å². The van der Waals surface area contributed by atoms with Crippen molar-refractivity contribution in [2.45, 2.75) is 27.7 Å². The van der Waals surface area contributed by atoms with E-state index in [4.69, 9.17) is 0 Å². The van der Waals surface area contributed by atoms with Crippen LogP contribution >= 0.6 is 0 Å². The zero-order valence-electron chi connectivity index (χ0n) is 8.00. The average Bonchev–Trinajstić information content (AvgIpc) is 1.84. The molecular formula is C9H19NO. The first-order chi connectivity index (χ1) is 5.06. The molecule has 0 aliphatic carbocycles. The number of hydrogen-bond acceptors (Lipinski definition) is 1. The summed E-state index contributed by atoms with van der Waals surface area (Å²) in [4.78, 5) is 12.3. The van der Waals surface area contributed by atoms with E-state index in [2.05, 4.69) is 27.7 Å². The van der Waals surface area contributed by atoms with Gasteiger partial charge in [-0.2, -0.15) is 0 Å². The molecule has 2 nitrogen and oxygen atoms in total. The van der Waals surface area contributed by atoms with Crippen LogP contribution in [0.4, 0.5) is 0 Å². The van der Waals surface area contributed by atoms with Crippen LogP contribution in [0.2, 0.25) is 0 Å². The van der Waals surface area contributed by atoms with Gasteiger partial charge in [0, 0.05) is 13.1 Å². The lowest BCUT2D eigenvalue weighted by Gasteiger charge is -2.21. The van der Waals surface area contributed by atoms with Crippen LogP contribution in [0, 0.1) is 11.8 Å². The monoisotopic (exact) mass is 157 g/mol. The maximum Gasteiger partial charge on any atom is 0.209 e. The molecule has 0 unspecified atom stereocenters. The molecule has 0 aromatic carbocycles. The van der Waals surface area contributed by atoms with Crippen LogP contribution in [0.1, 0.15) is 27.7 Å². The van der Waals surface area contributed by atoms with Crippen molar-refractivity contribution < 1.29 is 4.79 Å². The smallest absolute Gasteiger partial charge is 0.209 e. The SMILES string of the molecule is CC(C)CN(C=O)CC(C)C. The number of nitrogens with zero attached hydrogens (tertiary/aromatic N) is 1. The molecule has 0 bridgehead atoms. The normalized spacial score (nSPS) is 10.7. The lowest BCUT2D eigenvalue weighted by atomic mass is 10.1. The standard InChI is InChI=1S/C9H19NO/c1-8(2)5-10(7-11)6-9(3)4/h7-9H,5-6H2,1-4H3. The number of amides is 1. The number of carbonyl (C=O) groups excluding carboxylic acids is 1. The van der Waals surface area contributed by atoms with E-state index in [9.17, 15) is 4.79 Å². The van der Waals surface area contributed by atoms with E-state index in [0.29, 0.717) is 11.8 Å². The number of carbonyl (C=O) groups is 1. The van der Waals surface area contributed by atoms with E-state index >= 15 is 0 Å². The van der Waals surface area contributed by atoms with Gasteiger partial charge in [-0.15, -0.1) is 0 Å². The predicted octanol–water partition coefficient (Wildman–Crippen LogP) is 1.76. The Morgan fingerprint density at radius 3 is 1.64 bits per heavy atom. The van der Waals surface area contributed by atoms with Gasteiger partial charge in [0.1, 0.15) is 0 Å². The van der Waals surface area contributed by atoms with E-state index in [1.165, 1.54) is 0 Å². The predicted molar refractivity (Wildman–Crippen MR) is 47.3 cm³/mol. The summed E-state index contributed by atoms with van der Waals surface area (Å²) in [5, 5.41) is 0. The van der Waals surface area contributed by atoms with Crippen LogP contribution < -0.4 is 0 Å². The van der Waals surface area contributed by atoms with Gasteiger partial charge >= 0.3 is 0 Å². The molecule has 2 heteroatoms. The molecule has 0 radical (unpaired) electrons. The molecule has 0 atom stereocenters. The molecule has 0 rings (SSSR count). The van der Waals surface area contributed by atoms with Crippen molar-refractivity contribution in [3.63, 3.8) is 0 Å². The molecule has 0 spiro atoms. The lowest BCUT2D eigenvalue weighted by Crippen LogP contribution is -2.29. The molecule has 1 amide bonds. The maximum absolute atomic E-state index is 10.5. The second-order valence-electron chi connectivity index (χ2n) is 3.85. The summed E-state index contributed by atoms with van der Waals surface area (Å²) in [6.07, 6.45) is 0.944. The van der Waals surface area contributed by atoms with E-state index in [1.54, 1.807) is 0 Å². The first kappa shape index (κ1) is 10.5. The molecule has 0 heterocycles.